The molecule has 0 fully saturated rings. The number of carbonyl (C=O) groups excluding carboxylic acids is 1. The Morgan fingerprint density at radius 1 is 1.20 bits per heavy atom. The first kappa shape index (κ1) is 14.3. The van der Waals surface area contributed by atoms with Crippen molar-refractivity contribution in [3.05, 3.63) is 12.2 Å². The van der Waals surface area contributed by atoms with Crippen LogP contribution in [0.2, 0.25) is 6.32 Å². The van der Waals surface area contributed by atoms with Gasteiger partial charge < -0.3 is 4.65 Å². The molecule has 0 saturated heterocycles. The topological polar surface area (TPSA) is 26.3 Å². The van der Waals surface area contributed by atoms with E-state index in [-0.39, 0.29) is 5.97 Å². The van der Waals surface area contributed by atoms with Crippen LogP contribution in [0, 0.1) is 0 Å². The molecule has 0 aromatic carbocycles. The van der Waals surface area contributed by atoms with Gasteiger partial charge >= 0.3 is 7.48 Å². The maximum atomic E-state index is 11.2. The summed E-state index contributed by atoms with van der Waals surface area (Å²) in [6, 6.07) is 0. The van der Waals surface area contributed by atoms with Gasteiger partial charge in [0.2, 0.25) is 0 Å². The Morgan fingerprint density at radius 2 is 2.00 bits per heavy atom. The second kappa shape index (κ2) is 11.4. The summed E-state index contributed by atoms with van der Waals surface area (Å²) < 4.78 is 4.95. The van der Waals surface area contributed by atoms with E-state index in [1.165, 1.54) is 12.8 Å². The highest BCUT2D eigenvalue weighted by molar-refractivity contribution is 6.31. The van der Waals surface area contributed by atoms with E-state index < -0.39 is 0 Å². The van der Waals surface area contributed by atoms with Gasteiger partial charge in [0, 0.05) is 6.42 Å². The van der Waals surface area contributed by atoms with Crippen molar-refractivity contribution in [1.29, 1.82) is 0 Å². The van der Waals surface area contributed by atoms with E-state index in [0.29, 0.717) is 12.7 Å². The fourth-order valence-electron chi connectivity index (χ4n) is 1.21. The van der Waals surface area contributed by atoms with Gasteiger partial charge in [-0.25, -0.2) is 0 Å². The van der Waals surface area contributed by atoms with E-state index >= 15 is 0 Å². The van der Waals surface area contributed by atoms with E-state index in [2.05, 4.69) is 19.9 Å². The Morgan fingerprint density at radius 3 is 2.67 bits per heavy atom. The molecule has 0 bridgehead atoms. The zero-order chi connectivity index (χ0) is 11.4. The normalized spacial score (nSPS) is 10.5. The first-order chi connectivity index (χ1) is 7.31. The summed E-state index contributed by atoms with van der Waals surface area (Å²) >= 11 is 0. The lowest BCUT2D eigenvalue weighted by molar-refractivity contribution is -0.134. The van der Waals surface area contributed by atoms with E-state index in [1.807, 2.05) is 6.08 Å². The molecule has 0 unspecified atom stereocenters. The number of hydrogen-bond acceptors (Lipinski definition) is 2. The fraction of sp³-hybridized carbons (Fsp3) is 0.750. The van der Waals surface area contributed by atoms with Gasteiger partial charge in [-0.3, -0.25) is 4.79 Å². The number of allylic oxidation sites excluding steroid dienone is 2. The third kappa shape index (κ3) is 11.2. The van der Waals surface area contributed by atoms with Crippen LogP contribution in [0.15, 0.2) is 12.2 Å². The van der Waals surface area contributed by atoms with Crippen LogP contribution in [0.3, 0.4) is 0 Å². The molecule has 3 heteroatoms. The minimum Gasteiger partial charge on any atom is -0.538 e. The summed E-state index contributed by atoms with van der Waals surface area (Å²) in [5.74, 6) is -0.101. The summed E-state index contributed by atoms with van der Waals surface area (Å²) in [5, 5.41) is 0. The Bertz CT molecular complexity index is 178. The molecule has 0 aromatic rings. The first-order valence-corrected chi connectivity index (χ1v) is 5.97. The first-order valence-electron chi connectivity index (χ1n) is 5.97. The molecule has 0 heterocycles. The van der Waals surface area contributed by atoms with Crippen molar-refractivity contribution in [3.63, 3.8) is 0 Å². The maximum Gasteiger partial charge on any atom is 0.377 e. The summed E-state index contributed by atoms with van der Waals surface area (Å²) in [6.45, 7) is 4.24. The van der Waals surface area contributed by atoms with Crippen LogP contribution < -0.4 is 0 Å². The zero-order valence-corrected chi connectivity index (χ0v) is 10.00. The van der Waals surface area contributed by atoms with E-state index in [4.69, 9.17) is 4.65 Å². The molecule has 2 nitrogen and oxygen atoms in total. The van der Waals surface area contributed by atoms with Gasteiger partial charge in [0.15, 0.2) is 0 Å². The van der Waals surface area contributed by atoms with Crippen LogP contribution in [0.5, 0.6) is 0 Å². The summed E-state index contributed by atoms with van der Waals surface area (Å²) in [7, 11) is 1.58. The second-order valence-electron chi connectivity index (χ2n) is 3.58. The Hall–Kier alpha value is -0.725. The SMILES string of the molecule is CC/C=C/C[B]OC(=O)CCCCCC. The number of hydrogen-bond donors (Lipinski definition) is 0. The lowest BCUT2D eigenvalue weighted by Crippen LogP contribution is -2.07. The monoisotopic (exact) mass is 209 g/mol. The highest BCUT2D eigenvalue weighted by atomic mass is 16.5. The summed E-state index contributed by atoms with van der Waals surface area (Å²) in [6.07, 6.45) is 10.8. The van der Waals surface area contributed by atoms with Crippen molar-refractivity contribution < 1.29 is 9.45 Å². The Balaban J connectivity index is 3.22. The lowest BCUT2D eigenvalue weighted by atomic mass is 9.95. The lowest BCUT2D eigenvalue weighted by Gasteiger charge is -2.01. The Kier molecular flexibility index (Phi) is 10.8. The molecule has 0 amide bonds. The molecule has 1 radical (unpaired) electrons. The fourth-order valence-corrected chi connectivity index (χ4v) is 1.21. The minimum atomic E-state index is -0.101. The molecule has 0 saturated carbocycles. The van der Waals surface area contributed by atoms with Gasteiger partial charge in [-0.15, -0.1) is 0 Å². The average molecular weight is 209 g/mol. The van der Waals surface area contributed by atoms with Gasteiger partial charge in [0.25, 0.3) is 5.97 Å². The number of carbonyl (C=O) groups is 1. The van der Waals surface area contributed by atoms with Crippen molar-refractivity contribution in [2.45, 2.75) is 58.7 Å². The molecular weight excluding hydrogens is 187 g/mol. The molecule has 0 rings (SSSR count). The van der Waals surface area contributed by atoms with Crippen molar-refractivity contribution in [3.8, 4) is 0 Å². The summed E-state index contributed by atoms with van der Waals surface area (Å²) in [5.41, 5.74) is 0. The molecule has 0 spiro atoms. The molecule has 0 aliphatic heterocycles. The third-order valence-corrected chi connectivity index (χ3v) is 2.08. The van der Waals surface area contributed by atoms with Crippen LogP contribution in [-0.4, -0.2) is 13.5 Å². The van der Waals surface area contributed by atoms with E-state index in [0.717, 1.165) is 19.3 Å². The van der Waals surface area contributed by atoms with Crippen LogP contribution in [0.1, 0.15) is 52.4 Å². The average Bonchev–Trinajstić information content (AvgIpc) is 2.24. The predicted molar refractivity (Wildman–Crippen MR) is 64.8 cm³/mol. The van der Waals surface area contributed by atoms with Gasteiger partial charge in [-0.05, 0) is 19.2 Å². The molecule has 0 aliphatic carbocycles. The molecule has 0 atom stereocenters. The van der Waals surface area contributed by atoms with Crippen LogP contribution >= 0.6 is 0 Å². The molecule has 0 aliphatic rings. The van der Waals surface area contributed by atoms with E-state index in [1.54, 1.807) is 7.48 Å². The van der Waals surface area contributed by atoms with Crippen LogP contribution in [-0.2, 0) is 9.45 Å². The van der Waals surface area contributed by atoms with Crippen LogP contribution in [0.25, 0.3) is 0 Å². The van der Waals surface area contributed by atoms with Crippen molar-refractivity contribution in [1.82, 2.24) is 0 Å². The molecule has 15 heavy (non-hydrogen) atoms. The quantitative estimate of drug-likeness (QED) is 0.330. The van der Waals surface area contributed by atoms with Gasteiger partial charge in [-0.1, -0.05) is 45.3 Å². The third-order valence-electron chi connectivity index (χ3n) is 2.08. The number of unbranched alkanes of at least 4 members (excludes halogenated alkanes) is 3. The predicted octanol–water partition coefficient (Wildman–Crippen LogP) is 3.50. The Labute approximate surface area is 94.4 Å². The zero-order valence-electron chi connectivity index (χ0n) is 10.00. The summed E-state index contributed by atoms with van der Waals surface area (Å²) in [4.78, 5) is 11.2. The highest BCUT2D eigenvalue weighted by Gasteiger charge is 2.02. The van der Waals surface area contributed by atoms with Gasteiger partial charge in [0.1, 0.15) is 0 Å². The highest BCUT2D eigenvalue weighted by Crippen LogP contribution is 2.03. The molecule has 85 valence electrons. The maximum absolute atomic E-state index is 11.2. The smallest absolute Gasteiger partial charge is 0.377 e. The van der Waals surface area contributed by atoms with Crippen molar-refractivity contribution >= 4 is 13.5 Å². The standard InChI is InChI=1S/C12H22BO2/c1-3-5-7-8-10-12(14)15-13-11-9-6-4-2/h6,9H,3-5,7-8,10-11H2,1-2H3/b9-6+. The van der Waals surface area contributed by atoms with Gasteiger partial charge in [-0.2, -0.15) is 0 Å². The largest absolute Gasteiger partial charge is 0.538 e. The van der Waals surface area contributed by atoms with E-state index in [9.17, 15) is 4.79 Å². The minimum absolute atomic E-state index is 0.101. The molecule has 0 aromatic heterocycles. The number of rotatable bonds is 9. The molecule has 0 N–H and O–H groups in total. The van der Waals surface area contributed by atoms with Gasteiger partial charge in [0.05, 0.1) is 0 Å². The second-order valence-corrected chi connectivity index (χ2v) is 3.58. The van der Waals surface area contributed by atoms with Crippen molar-refractivity contribution in [2.75, 3.05) is 0 Å². The van der Waals surface area contributed by atoms with Crippen molar-refractivity contribution in [2.24, 2.45) is 0 Å². The molecular formula is C12H22BO2. The van der Waals surface area contributed by atoms with Crippen LogP contribution in [0.4, 0.5) is 0 Å².